The molecule has 1 unspecified atom stereocenters. The molecule has 130 valence electrons. The highest BCUT2D eigenvalue weighted by Gasteiger charge is 2.50. The number of halogens is 4. The van der Waals surface area contributed by atoms with Crippen LogP contribution in [0.1, 0.15) is 15.9 Å². The van der Waals surface area contributed by atoms with Gasteiger partial charge in [0.1, 0.15) is 5.70 Å². The van der Waals surface area contributed by atoms with E-state index in [4.69, 9.17) is 11.6 Å². The van der Waals surface area contributed by atoms with Gasteiger partial charge in [-0.05, 0) is 36.4 Å². The molecule has 2 heterocycles. The fourth-order valence-corrected chi connectivity index (χ4v) is 2.51. The van der Waals surface area contributed by atoms with Gasteiger partial charge in [-0.3, -0.25) is 15.2 Å². The lowest BCUT2D eigenvalue weighted by atomic mass is 10.0. The Balaban J connectivity index is 2.05. The van der Waals surface area contributed by atoms with E-state index in [-0.39, 0.29) is 11.1 Å². The average Bonchev–Trinajstić information content (AvgIpc) is 2.95. The predicted octanol–water partition coefficient (Wildman–Crippen LogP) is 2.99. The van der Waals surface area contributed by atoms with Gasteiger partial charge in [0.15, 0.2) is 0 Å². The van der Waals surface area contributed by atoms with Gasteiger partial charge in [-0.1, -0.05) is 11.6 Å². The number of aliphatic hydroxyl groups is 1. The molecule has 1 atom stereocenters. The number of alkyl halides is 3. The van der Waals surface area contributed by atoms with E-state index >= 15 is 0 Å². The molecule has 1 aromatic carbocycles. The Morgan fingerprint density at radius 3 is 2.32 bits per heavy atom. The number of benzene rings is 1. The second-order valence-corrected chi connectivity index (χ2v) is 5.71. The van der Waals surface area contributed by atoms with Crippen LogP contribution in [0.15, 0.2) is 60.6 Å². The number of hydrazine groups is 1. The monoisotopic (exact) mass is 369 g/mol. The summed E-state index contributed by atoms with van der Waals surface area (Å²) in [5, 5.41) is 11.7. The molecule has 0 aliphatic carbocycles. The summed E-state index contributed by atoms with van der Waals surface area (Å²) in [5.41, 5.74) is -1.51. The number of hydrogen-bond acceptors (Lipinski definition) is 4. The van der Waals surface area contributed by atoms with Crippen molar-refractivity contribution in [2.45, 2.75) is 11.9 Å². The number of pyridine rings is 1. The lowest BCUT2D eigenvalue weighted by Crippen LogP contribution is -2.51. The highest BCUT2D eigenvalue weighted by Crippen LogP contribution is 2.38. The van der Waals surface area contributed by atoms with E-state index in [1.165, 1.54) is 48.8 Å². The number of allylic oxidation sites excluding steroid dienone is 1. The van der Waals surface area contributed by atoms with E-state index < -0.39 is 23.5 Å². The summed E-state index contributed by atoms with van der Waals surface area (Å²) in [5.74, 6) is -0.855. The third kappa shape index (κ3) is 3.18. The summed E-state index contributed by atoms with van der Waals surface area (Å²) < 4.78 is 39.3. The van der Waals surface area contributed by atoms with Crippen LogP contribution < -0.4 is 5.43 Å². The second-order valence-electron chi connectivity index (χ2n) is 5.28. The zero-order valence-electron chi connectivity index (χ0n) is 12.5. The van der Waals surface area contributed by atoms with Gasteiger partial charge >= 0.3 is 6.18 Å². The number of carbonyl (C=O) groups excluding carboxylic acids is 1. The summed E-state index contributed by atoms with van der Waals surface area (Å²) in [6.45, 7) is 0. The van der Waals surface area contributed by atoms with Crippen molar-refractivity contribution in [2.75, 3.05) is 0 Å². The van der Waals surface area contributed by atoms with Crippen molar-refractivity contribution >= 4 is 17.5 Å². The van der Waals surface area contributed by atoms with Crippen molar-refractivity contribution in [2.24, 2.45) is 0 Å². The summed E-state index contributed by atoms with van der Waals surface area (Å²) in [6.07, 6.45) is -1.61. The van der Waals surface area contributed by atoms with Gasteiger partial charge in [0.25, 0.3) is 5.91 Å². The van der Waals surface area contributed by atoms with Crippen LogP contribution in [0.2, 0.25) is 5.02 Å². The highest BCUT2D eigenvalue weighted by atomic mass is 35.5. The van der Waals surface area contributed by atoms with Crippen LogP contribution in [0.4, 0.5) is 13.2 Å². The van der Waals surface area contributed by atoms with Crippen LogP contribution in [-0.2, 0) is 5.72 Å². The van der Waals surface area contributed by atoms with Gasteiger partial charge in [-0.25, -0.2) is 5.01 Å². The van der Waals surface area contributed by atoms with E-state index in [1.54, 1.807) is 0 Å². The first-order valence-corrected chi connectivity index (χ1v) is 7.39. The van der Waals surface area contributed by atoms with E-state index in [0.717, 1.165) is 0 Å². The van der Waals surface area contributed by atoms with Gasteiger partial charge in [0, 0.05) is 34.6 Å². The molecule has 25 heavy (non-hydrogen) atoms. The lowest BCUT2D eigenvalue weighted by molar-refractivity contribution is -0.104. The van der Waals surface area contributed by atoms with E-state index in [2.05, 4.69) is 4.98 Å². The Kier molecular flexibility index (Phi) is 4.18. The van der Waals surface area contributed by atoms with Crippen molar-refractivity contribution in [3.05, 3.63) is 76.7 Å². The first-order chi connectivity index (χ1) is 11.7. The number of nitrogens with one attached hydrogen (secondary N) is 1. The molecule has 2 aromatic rings. The summed E-state index contributed by atoms with van der Waals surface area (Å²) in [7, 11) is 0. The Morgan fingerprint density at radius 1 is 1.16 bits per heavy atom. The smallest absolute Gasteiger partial charge is 0.362 e. The molecule has 0 bridgehead atoms. The maximum absolute atomic E-state index is 13.1. The lowest BCUT2D eigenvalue weighted by Gasteiger charge is -2.32. The SMILES string of the molecule is O=C(c1ccc(Cl)cc1)N1NC(C(F)(F)F)=CC1(O)c1ccncc1. The zero-order chi connectivity index (χ0) is 18.2. The van der Waals surface area contributed by atoms with Crippen LogP contribution in [0.3, 0.4) is 0 Å². The third-order valence-corrected chi connectivity index (χ3v) is 3.88. The second kappa shape index (κ2) is 6.05. The molecule has 1 aliphatic heterocycles. The largest absolute Gasteiger partial charge is 0.432 e. The Hall–Kier alpha value is -2.58. The zero-order valence-corrected chi connectivity index (χ0v) is 13.2. The molecule has 0 saturated heterocycles. The molecule has 5 nitrogen and oxygen atoms in total. The molecular formula is C16H11ClF3N3O2. The van der Waals surface area contributed by atoms with E-state index in [9.17, 15) is 23.1 Å². The van der Waals surface area contributed by atoms with Crippen molar-refractivity contribution in [1.82, 2.24) is 15.4 Å². The highest BCUT2D eigenvalue weighted by molar-refractivity contribution is 6.30. The molecule has 2 N–H and O–H groups in total. The van der Waals surface area contributed by atoms with E-state index in [0.29, 0.717) is 16.1 Å². The molecular weight excluding hydrogens is 359 g/mol. The van der Waals surface area contributed by atoms with Crippen LogP contribution in [-0.4, -0.2) is 27.2 Å². The molecule has 9 heteroatoms. The standard InChI is InChI=1S/C16H11ClF3N3O2/c17-12-3-1-10(2-4-12)14(24)23-15(25,11-5-7-21-8-6-11)9-13(22-23)16(18,19)20/h1-9,22,25H. The molecule has 0 radical (unpaired) electrons. The topological polar surface area (TPSA) is 65.5 Å². The quantitative estimate of drug-likeness (QED) is 0.854. The summed E-state index contributed by atoms with van der Waals surface area (Å²) in [4.78, 5) is 16.4. The minimum absolute atomic E-state index is 0.0524. The fourth-order valence-electron chi connectivity index (χ4n) is 2.39. The molecule has 1 amide bonds. The number of aromatic nitrogens is 1. The fraction of sp³-hybridized carbons (Fsp3) is 0.125. The van der Waals surface area contributed by atoms with Gasteiger partial charge in [0.2, 0.25) is 5.72 Å². The Morgan fingerprint density at radius 2 is 1.76 bits per heavy atom. The van der Waals surface area contributed by atoms with Gasteiger partial charge in [-0.15, -0.1) is 0 Å². The van der Waals surface area contributed by atoms with Crippen LogP contribution in [0.25, 0.3) is 0 Å². The van der Waals surface area contributed by atoms with Gasteiger partial charge in [0.05, 0.1) is 0 Å². The average molecular weight is 370 g/mol. The maximum atomic E-state index is 13.1. The number of amides is 1. The van der Waals surface area contributed by atoms with Crippen LogP contribution in [0.5, 0.6) is 0 Å². The molecule has 0 fully saturated rings. The molecule has 1 aliphatic rings. The van der Waals surface area contributed by atoms with Crippen molar-refractivity contribution in [3.63, 3.8) is 0 Å². The van der Waals surface area contributed by atoms with Gasteiger partial charge < -0.3 is 5.11 Å². The minimum atomic E-state index is -4.77. The molecule has 1 aromatic heterocycles. The minimum Gasteiger partial charge on any atom is -0.362 e. The number of hydrogen-bond donors (Lipinski definition) is 2. The van der Waals surface area contributed by atoms with Gasteiger partial charge in [-0.2, -0.15) is 13.2 Å². The van der Waals surface area contributed by atoms with Crippen molar-refractivity contribution in [1.29, 1.82) is 0 Å². The first-order valence-electron chi connectivity index (χ1n) is 7.01. The normalized spacial score (nSPS) is 20.2. The molecule has 0 spiro atoms. The predicted molar refractivity (Wildman–Crippen MR) is 83.0 cm³/mol. The van der Waals surface area contributed by atoms with Crippen molar-refractivity contribution < 1.29 is 23.1 Å². The Bertz CT molecular complexity index is 825. The maximum Gasteiger partial charge on any atom is 0.432 e. The molecule has 0 saturated carbocycles. The van der Waals surface area contributed by atoms with E-state index in [1.807, 2.05) is 5.43 Å². The number of rotatable bonds is 2. The number of carbonyl (C=O) groups is 1. The molecule has 3 rings (SSSR count). The van der Waals surface area contributed by atoms with Crippen molar-refractivity contribution in [3.8, 4) is 0 Å². The Labute approximate surface area is 145 Å². The summed E-state index contributed by atoms with van der Waals surface area (Å²) >= 11 is 5.76. The summed E-state index contributed by atoms with van der Waals surface area (Å²) in [6, 6.07) is 8.19. The third-order valence-electron chi connectivity index (χ3n) is 3.62. The number of nitrogens with zero attached hydrogens (tertiary/aromatic N) is 2. The first kappa shape index (κ1) is 17.2. The van der Waals surface area contributed by atoms with Crippen LogP contribution in [0, 0.1) is 0 Å². The van der Waals surface area contributed by atoms with Crippen LogP contribution >= 0.6 is 11.6 Å².